The Hall–Kier alpha value is -2.89. The van der Waals surface area contributed by atoms with Gasteiger partial charge in [0.25, 0.3) is 0 Å². The molecule has 0 bridgehead atoms. The number of nitrogens with zero attached hydrogens (tertiary/aromatic N) is 3. The molecule has 0 radical (unpaired) electrons. The van der Waals surface area contributed by atoms with Crippen molar-refractivity contribution in [3.8, 4) is 6.07 Å². The molecule has 1 spiro atoms. The van der Waals surface area contributed by atoms with Crippen LogP contribution in [0, 0.1) is 17.2 Å². The maximum atomic E-state index is 12.9. The van der Waals surface area contributed by atoms with E-state index in [-0.39, 0.29) is 12.3 Å². The number of halogens is 6. The topological polar surface area (TPSA) is 48.5 Å². The molecule has 0 saturated heterocycles. The van der Waals surface area contributed by atoms with E-state index in [2.05, 4.69) is 16.3 Å². The van der Waals surface area contributed by atoms with E-state index in [0.717, 1.165) is 24.3 Å². The van der Waals surface area contributed by atoms with E-state index < -0.39 is 34.6 Å². The van der Waals surface area contributed by atoms with Gasteiger partial charge in [0.2, 0.25) is 0 Å². The highest BCUT2D eigenvalue weighted by Gasteiger charge is 2.63. The summed E-state index contributed by atoms with van der Waals surface area (Å²) in [6.45, 7) is 0. The number of alkyl halides is 6. The SMILES string of the molecule is N#CC1CC12CC(c1ccc(C(F)(F)F)cc1)(c1ccc(C(F)(F)F)cc1)N=N2. The minimum atomic E-state index is -4.51. The van der Waals surface area contributed by atoms with Crippen molar-refractivity contribution in [3.05, 3.63) is 70.8 Å². The Labute approximate surface area is 161 Å². The second-order valence-electron chi connectivity index (χ2n) is 7.38. The normalized spacial score (nSPS) is 25.2. The predicted octanol–water partition coefficient (Wildman–Crippen LogP) is 6.11. The standard InChI is InChI=1S/C20H13F6N3/c21-19(22,23)14-5-1-12(2-6-14)18(11-17(28-29-18)9-16(17)10-27)13-3-7-15(8-4-13)20(24,25)26/h1-8,16H,9,11H2. The lowest BCUT2D eigenvalue weighted by Gasteiger charge is -2.27. The van der Waals surface area contributed by atoms with Crippen molar-refractivity contribution < 1.29 is 26.3 Å². The zero-order valence-electron chi connectivity index (χ0n) is 14.7. The predicted molar refractivity (Wildman–Crippen MR) is 89.6 cm³/mol. The van der Waals surface area contributed by atoms with Gasteiger partial charge < -0.3 is 0 Å². The van der Waals surface area contributed by atoms with Crippen molar-refractivity contribution in [1.29, 1.82) is 5.26 Å². The summed E-state index contributed by atoms with van der Waals surface area (Å²) < 4.78 is 77.5. The van der Waals surface area contributed by atoms with Crippen LogP contribution in [0.2, 0.25) is 0 Å². The number of azo groups is 1. The fourth-order valence-electron chi connectivity index (χ4n) is 3.82. The van der Waals surface area contributed by atoms with Gasteiger partial charge in [-0.15, -0.1) is 0 Å². The largest absolute Gasteiger partial charge is 0.416 e. The first-order valence-electron chi connectivity index (χ1n) is 8.69. The summed E-state index contributed by atoms with van der Waals surface area (Å²) in [7, 11) is 0. The second kappa shape index (κ2) is 6.05. The monoisotopic (exact) mass is 409 g/mol. The molecule has 9 heteroatoms. The molecule has 29 heavy (non-hydrogen) atoms. The first-order chi connectivity index (χ1) is 13.5. The molecule has 150 valence electrons. The molecule has 3 nitrogen and oxygen atoms in total. The fraction of sp³-hybridized carbons (Fsp3) is 0.350. The molecule has 2 aliphatic rings. The molecule has 1 saturated carbocycles. The van der Waals surface area contributed by atoms with Gasteiger partial charge in [-0.1, -0.05) is 24.3 Å². The van der Waals surface area contributed by atoms with Gasteiger partial charge in [-0.05, 0) is 41.8 Å². The highest BCUT2D eigenvalue weighted by Crippen LogP contribution is 2.60. The summed E-state index contributed by atoms with van der Waals surface area (Å²) >= 11 is 0. The average molecular weight is 409 g/mol. The third kappa shape index (κ3) is 3.16. The Bertz CT molecular complexity index is 941. The Balaban J connectivity index is 1.78. The van der Waals surface area contributed by atoms with Crippen LogP contribution in [0.4, 0.5) is 26.3 Å². The van der Waals surface area contributed by atoms with Crippen molar-refractivity contribution in [2.24, 2.45) is 16.1 Å². The van der Waals surface area contributed by atoms with E-state index in [4.69, 9.17) is 0 Å². The van der Waals surface area contributed by atoms with Gasteiger partial charge in [-0.3, -0.25) is 0 Å². The molecular weight excluding hydrogens is 396 g/mol. The summed E-state index contributed by atoms with van der Waals surface area (Å²) in [5.41, 5.74) is -2.88. The molecule has 2 unspecified atom stereocenters. The van der Waals surface area contributed by atoms with Crippen LogP contribution in [-0.4, -0.2) is 5.54 Å². The van der Waals surface area contributed by atoms with Gasteiger partial charge in [-0.2, -0.15) is 41.8 Å². The van der Waals surface area contributed by atoms with Crippen molar-refractivity contribution in [2.75, 3.05) is 0 Å². The first kappa shape index (κ1) is 19.4. The molecule has 0 amide bonds. The van der Waals surface area contributed by atoms with Crippen molar-refractivity contribution in [1.82, 2.24) is 0 Å². The molecule has 1 heterocycles. The molecule has 0 N–H and O–H groups in total. The summed E-state index contributed by atoms with van der Waals surface area (Å²) in [5.74, 6) is -0.364. The van der Waals surface area contributed by atoms with Gasteiger partial charge >= 0.3 is 12.4 Å². The Morgan fingerprint density at radius 1 is 0.793 bits per heavy atom. The van der Waals surface area contributed by atoms with Gasteiger partial charge in [0.15, 0.2) is 0 Å². The van der Waals surface area contributed by atoms with Crippen LogP contribution in [0.25, 0.3) is 0 Å². The van der Waals surface area contributed by atoms with Crippen LogP contribution < -0.4 is 0 Å². The molecule has 1 fully saturated rings. The van der Waals surface area contributed by atoms with Crippen LogP contribution in [0.5, 0.6) is 0 Å². The summed E-state index contributed by atoms with van der Waals surface area (Å²) in [5, 5.41) is 17.7. The Morgan fingerprint density at radius 3 is 1.59 bits per heavy atom. The van der Waals surface area contributed by atoms with Crippen LogP contribution in [-0.2, 0) is 17.9 Å². The van der Waals surface area contributed by atoms with Crippen LogP contribution in [0.1, 0.15) is 35.1 Å². The van der Waals surface area contributed by atoms with Crippen LogP contribution in [0.3, 0.4) is 0 Å². The van der Waals surface area contributed by atoms with E-state index in [1.54, 1.807) is 0 Å². The van der Waals surface area contributed by atoms with E-state index in [0.29, 0.717) is 17.5 Å². The van der Waals surface area contributed by atoms with E-state index >= 15 is 0 Å². The highest BCUT2D eigenvalue weighted by atomic mass is 19.4. The van der Waals surface area contributed by atoms with Gasteiger partial charge in [0, 0.05) is 6.42 Å². The average Bonchev–Trinajstić information content (AvgIpc) is 3.21. The van der Waals surface area contributed by atoms with E-state index in [9.17, 15) is 31.6 Å². The van der Waals surface area contributed by atoms with E-state index in [1.807, 2.05) is 0 Å². The van der Waals surface area contributed by atoms with Crippen LogP contribution in [0.15, 0.2) is 58.8 Å². The minimum Gasteiger partial charge on any atom is -0.198 e. The van der Waals surface area contributed by atoms with Crippen molar-refractivity contribution >= 4 is 0 Å². The quantitative estimate of drug-likeness (QED) is 0.553. The number of benzene rings is 2. The first-order valence-corrected chi connectivity index (χ1v) is 8.69. The van der Waals surface area contributed by atoms with E-state index in [1.165, 1.54) is 24.3 Å². The molecular formula is C20H13F6N3. The van der Waals surface area contributed by atoms with Crippen molar-refractivity contribution in [2.45, 2.75) is 36.3 Å². The molecule has 0 aromatic heterocycles. The fourth-order valence-corrected chi connectivity index (χ4v) is 3.82. The highest BCUT2D eigenvalue weighted by molar-refractivity contribution is 5.45. The molecule has 2 atom stereocenters. The Morgan fingerprint density at radius 2 is 1.24 bits per heavy atom. The lowest BCUT2D eigenvalue weighted by Crippen LogP contribution is -2.26. The number of hydrogen-bond acceptors (Lipinski definition) is 3. The van der Waals surface area contributed by atoms with Gasteiger partial charge in [-0.25, -0.2) is 0 Å². The zero-order chi connectivity index (χ0) is 21.1. The van der Waals surface area contributed by atoms with Gasteiger partial charge in [0.05, 0.1) is 23.1 Å². The third-order valence-corrected chi connectivity index (χ3v) is 5.56. The summed E-state index contributed by atoms with van der Waals surface area (Å²) in [6, 6.07) is 10.8. The summed E-state index contributed by atoms with van der Waals surface area (Å²) in [6.07, 6.45) is -8.34. The van der Waals surface area contributed by atoms with Crippen LogP contribution >= 0.6 is 0 Å². The second-order valence-corrected chi connectivity index (χ2v) is 7.38. The number of rotatable bonds is 2. The molecule has 2 aromatic carbocycles. The molecule has 2 aromatic rings. The minimum absolute atomic E-state index is 0.217. The van der Waals surface area contributed by atoms with Gasteiger partial charge in [0.1, 0.15) is 11.1 Å². The molecule has 1 aliphatic carbocycles. The number of nitriles is 1. The summed E-state index contributed by atoms with van der Waals surface area (Å²) in [4.78, 5) is 0. The molecule has 1 aliphatic heterocycles. The lowest BCUT2D eigenvalue weighted by atomic mass is 9.78. The number of hydrogen-bond donors (Lipinski definition) is 0. The third-order valence-electron chi connectivity index (χ3n) is 5.56. The Kier molecular flexibility index (Phi) is 4.05. The maximum Gasteiger partial charge on any atom is 0.416 e. The lowest BCUT2D eigenvalue weighted by molar-refractivity contribution is -0.138. The smallest absolute Gasteiger partial charge is 0.198 e. The molecule has 4 rings (SSSR count). The van der Waals surface area contributed by atoms with Crippen molar-refractivity contribution in [3.63, 3.8) is 0 Å². The zero-order valence-corrected chi connectivity index (χ0v) is 14.7. The maximum absolute atomic E-state index is 12.9.